The maximum atomic E-state index is 12.3. The van der Waals surface area contributed by atoms with E-state index in [1.165, 1.54) is 0 Å². The van der Waals surface area contributed by atoms with Crippen molar-refractivity contribution in [2.24, 2.45) is 0 Å². The van der Waals surface area contributed by atoms with E-state index in [4.69, 9.17) is 19.1 Å². The molecule has 0 bridgehead atoms. The third-order valence-corrected chi connectivity index (χ3v) is 3.25. The number of rotatable bonds is 5. The lowest BCUT2D eigenvalue weighted by molar-refractivity contribution is 0.102. The molecule has 1 atom stereocenters. The van der Waals surface area contributed by atoms with Gasteiger partial charge in [-0.1, -0.05) is 36.3 Å². The Morgan fingerprint density at radius 2 is 1.96 bits per heavy atom. The van der Waals surface area contributed by atoms with Crippen LogP contribution >= 0.6 is 0 Å². The number of amides is 1. The van der Waals surface area contributed by atoms with Crippen LogP contribution in [0.3, 0.4) is 0 Å². The van der Waals surface area contributed by atoms with Crippen molar-refractivity contribution < 1.29 is 23.9 Å². The van der Waals surface area contributed by atoms with Crippen LogP contribution in [-0.2, 0) is 11.2 Å². The Morgan fingerprint density at radius 1 is 1.26 bits per heavy atom. The summed E-state index contributed by atoms with van der Waals surface area (Å²) in [6.45, 7) is 0.970. The fourth-order valence-corrected chi connectivity index (χ4v) is 2.35. The van der Waals surface area contributed by atoms with Crippen molar-refractivity contribution in [2.75, 3.05) is 13.2 Å². The Labute approximate surface area is 146 Å². The van der Waals surface area contributed by atoms with Crippen LogP contribution in [0.1, 0.15) is 26.3 Å². The number of hydrogen-bond donors (Lipinski definition) is 0. The molecule has 1 aliphatic heterocycles. The summed E-state index contributed by atoms with van der Waals surface area (Å²) in [6.07, 6.45) is -1.76. The van der Waals surface area contributed by atoms with Gasteiger partial charge in [0.2, 0.25) is 0 Å². The molecule has 1 heterocycles. The zero-order valence-corrected chi connectivity index (χ0v) is 12.9. The molecule has 1 fully saturated rings. The average molecular weight is 318 g/mol. The highest BCUT2D eigenvalue weighted by atomic mass is 16.6. The van der Waals surface area contributed by atoms with Crippen LogP contribution in [0.4, 0.5) is 4.79 Å². The van der Waals surface area contributed by atoms with Gasteiger partial charge in [-0.15, -0.1) is 0 Å². The van der Waals surface area contributed by atoms with Gasteiger partial charge in [-0.05, 0) is 42.7 Å². The average Bonchev–Trinajstić information content (AvgIpc) is 3.04. The van der Waals surface area contributed by atoms with Gasteiger partial charge in [0, 0.05) is 6.50 Å². The highest BCUT2D eigenvalue weighted by Gasteiger charge is 2.31. The molecule has 1 aliphatic rings. The smallest absolute Gasteiger partial charge is 0.410 e. The molecule has 0 radical (unpaired) electrons. The quantitative estimate of drug-likeness (QED) is 0.843. The van der Waals surface area contributed by atoms with Gasteiger partial charge in [0.15, 0.2) is 6.10 Å². The second-order valence-corrected chi connectivity index (χ2v) is 5.36. The Morgan fingerprint density at radius 3 is 2.65 bits per heavy atom. The number of nitrogens with zero attached hydrogens (tertiary/aromatic N) is 1. The Kier molecular flexibility index (Phi) is 2.62. The van der Waals surface area contributed by atoms with E-state index in [-0.39, 0.29) is 13.2 Å². The van der Waals surface area contributed by atoms with E-state index in [0.717, 1.165) is 16.0 Å². The van der Waals surface area contributed by atoms with Gasteiger partial charge >= 0.3 is 6.09 Å². The fraction of sp³-hybridized carbons (Fsp3) is 0.316. The molecule has 2 aromatic rings. The molecule has 23 heavy (non-hydrogen) atoms. The van der Waals surface area contributed by atoms with E-state index in [2.05, 4.69) is 0 Å². The van der Waals surface area contributed by atoms with E-state index < -0.39 is 54.5 Å². The Bertz CT molecular complexity index is 963. The van der Waals surface area contributed by atoms with Crippen LogP contribution in [0.15, 0.2) is 48.4 Å². The van der Waals surface area contributed by atoms with Crippen LogP contribution in [0.25, 0.3) is 0 Å². The monoisotopic (exact) mass is 318 g/mol. The van der Waals surface area contributed by atoms with Gasteiger partial charge in [0.25, 0.3) is 0 Å². The molecule has 1 saturated heterocycles. The summed E-state index contributed by atoms with van der Waals surface area (Å²) in [5.74, 6) is 0.593. The fourth-order valence-electron chi connectivity index (χ4n) is 2.35. The summed E-state index contributed by atoms with van der Waals surface area (Å²) in [6, 6.07) is 2.27. The first-order valence-electron chi connectivity index (χ1n) is 10.7. The maximum absolute atomic E-state index is 12.3. The summed E-state index contributed by atoms with van der Waals surface area (Å²) >= 11 is 0. The highest BCUT2D eigenvalue weighted by Crippen LogP contribution is 2.19. The topological polar surface area (TPSA) is 38.8 Å². The van der Waals surface area contributed by atoms with Crippen molar-refractivity contribution in [1.82, 2.24) is 4.90 Å². The van der Waals surface area contributed by atoms with E-state index in [1.54, 1.807) is 0 Å². The molecular formula is C19H21NO3. The van der Waals surface area contributed by atoms with Crippen LogP contribution in [-0.4, -0.2) is 30.2 Å². The largest absolute Gasteiger partial charge is 0.490 e. The van der Waals surface area contributed by atoms with Crippen molar-refractivity contribution in [3.05, 3.63) is 65.1 Å². The normalized spacial score (nSPS) is 22.2. The van der Waals surface area contributed by atoms with Crippen molar-refractivity contribution in [2.45, 2.75) is 26.4 Å². The van der Waals surface area contributed by atoms with Crippen LogP contribution in [0, 0.1) is 13.8 Å². The molecule has 0 aliphatic carbocycles. The Balaban J connectivity index is 1.82. The summed E-state index contributed by atoms with van der Waals surface area (Å²) in [5, 5.41) is 0. The predicted molar refractivity (Wildman–Crippen MR) is 88.5 cm³/mol. The Hall–Kier alpha value is -2.49. The number of cyclic esters (lactones) is 1. The molecule has 4 nitrogen and oxygen atoms in total. The molecular weight excluding hydrogens is 290 g/mol. The van der Waals surface area contributed by atoms with Crippen molar-refractivity contribution in [3.63, 3.8) is 0 Å². The van der Waals surface area contributed by atoms with E-state index in [0.29, 0.717) is 5.75 Å². The number of hydrogen-bond acceptors (Lipinski definition) is 3. The molecule has 0 N–H and O–H groups in total. The third kappa shape index (κ3) is 4.03. The summed E-state index contributed by atoms with van der Waals surface area (Å²) < 4.78 is 66.7. The summed E-state index contributed by atoms with van der Waals surface area (Å²) in [7, 11) is 0. The van der Waals surface area contributed by atoms with Crippen molar-refractivity contribution >= 4 is 6.09 Å². The number of carbonyl (C=O) groups is 1. The maximum Gasteiger partial charge on any atom is 0.410 e. The second kappa shape index (κ2) is 6.73. The van der Waals surface area contributed by atoms with Crippen LogP contribution < -0.4 is 4.74 Å². The first kappa shape index (κ1) is 8.96. The SMILES string of the molecule is [2H]c1c([2H])c([2H])c(C([2H])([2H])N2CC(COc3cc(C)cc(C)c3)OC2=O)c([2H])c1[2H]. The first-order valence-corrected chi connectivity index (χ1v) is 7.20. The van der Waals surface area contributed by atoms with E-state index in [9.17, 15) is 4.79 Å². The van der Waals surface area contributed by atoms with Gasteiger partial charge in [0.05, 0.1) is 16.1 Å². The highest BCUT2D eigenvalue weighted by molar-refractivity contribution is 5.69. The second-order valence-electron chi connectivity index (χ2n) is 5.36. The van der Waals surface area contributed by atoms with Crippen LogP contribution in [0.2, 0.25) is 0 Å². The standard InChI is InChI=1S/C19H21NO3/c1-14-8-15(2)10-17(9-14)22-13-18-12-20(19(21)23-18)11-16-6-4-3-5-7-16/h3-10,18H,11-13H2,1-2H3/i3D,4D,5D,6D,7D,11D2. The van der Waals surface area contributed by atoms with Gasteiger partial charge in [0.1, 0.15) is 12.4 Å². The lowest BCUT2D eigenvalue weighted by Gasteiger charge is -2.13. The molecule has 0 spiro atoms. The van der Waals surface area contributed by atoms with E-state index >= 15 is 0 Å². The lowest BCUT2D eigenvalue weighted by atomic mass is 10.1. The van der Waals surface area contributed by atoms with Gasteiger partial charge in [-0.3, -0.25) is 0 Å². The molecule has 4 heteroatoms. The molecule has 1 amide bonds. The first-order chi connectivity index (χ1) is 13.9. The summed E-state index contributed by atoms with van der Waals surface area (Å²) in [4.78, 5) is 13.1. The van der Waals surface area contributed by atoms with Crippen LogP contribution in [0.5, 0.6) is 5.75 Å². The molecule has 0 aromatic heterocycles. The number of benzene rings is 2. The van der Waals surface area contributed by atoms with Gasteiger partial charge in [-0.2, -0.15) is 0 Å². The zero-order chi connectivity index (χ0) is 22.4. The third-order valence-electron chi connectivity index (χ3n) is 3.25. The predicted octanol–water partition coefficient (Wildman–Crippen LogP) is 3.70. The van der Waals surface area contributed by atoms with Gasteiger partial charge < -0.3 is 14.4 Å². The minimum absolute atomic E-state index is 0.0122. The zero-order valence-electron chi connectivity index (χ0n) is 19.9. The number of carbonyl (C=O) groups excluding carboxylic acids is 1. The van der Waals surface area contributed by atoms with Crippen molar-refractivity contribution in [3.8, 4) is 5.75 Å². The molecule has 120 valence electrons. The molecule has 1 unspecified atom stereocenters. The molecule has 0 saturated carbocycles. The summed E-state index contributed by atoms with van der Waals surface area (Å²) in [5.41, 5.74) is 1.40. The lowest BCUT2D eigenvalue weighted by Crippen LogP contribution is -2.26. The van der Waals surface area contributed by atoms with Gasteiger partial charge in [-0.25, -0.2) is 4.79 Å². The number of ether oxygens (including phenoxy) is 2. The number of aryl methyl sites for hydroxylation is 2. The molecule has 2 aromatic carbocycles. The molecule has 3 rings (SSSR count). The van der Waals surface area contributed by atoms with Crippen molar-refractivity contribution in [1.29, 1.82) is 0 Å². The van der Waals surface area contributed by atoms with E-state index in [1.807, 2.05) is 32.0 Å². The minimum Gasteiger partial charge on any atom is -0.490 e. The minimum atomic E-state index is -2.67.